The summed E-state index contributed by atoms with van der Waals surface area (Å²) in [7, 11) is 0. The van der Waals surface area contributed by atoms with Crippen LogP contribution >= 0.6 is 46.9 Å². The van der Waals surface area contributed by atoms with Crippen LogP contribution in [0.4, 0.5) is 5.69 Å². The Morgan fingerprint density at radius 2 is 2.10 bits per heavy atom. The monoisotopic (exact) mass is 351 g/mol. The molecule has 6 heteroatoms. The summed E-state index contributed by atoms with van der Waals surface area (Å²) in [6.45, 7) is 2.04. The quantitative estimate of drug-likeness (QED) is 0.553. The van der Waals surface area contributed by atoms with Crippen molar-refractivity contribution >= 4 is 68.9 Å². The van der Waals surface area contributed by atoms with E-state index in [9.17, 15) is 4.79 Å². The number of benzene rings is 1. The molecule has 0 radical (unpaired) electrons. The van der Waals surface area contributed by atoms with Crippen molar-refractivity contribution in [2.24, 2.45) is 0 Å². The fourth-order valence-electron chi connectivity index (χ4n) is 1.97. The molecule has 1 aromatic carbocycles. The van der Waals surface area contributed by atoms with Gasteiger partial charge in [0.25, 0.3) is 5.91 Å². The molecular weight excluding hydrogens is 342 g/mol. The second-order valence-electron chi connectivity index (χ2n) is 4.45. The average Bonchev–Trinajstić information content (AvgIpc) is 2.94. The maximum atomic E-state index is 12.5. The zero-order valence-electron chi connectivity index (χ0n) is 11.0. The molecule has 2 aromatic rings. The summed E-state index contributed by atoms with van der Waals surface area (Å²) < 4.78 is 0.529. The van der Waals surface area contributed by atoms with Crippen LogP contribution in [0.15, 0.2) is 41.3 Å². The van der Waals surface area contributed by atoms with Crippen molar-refractivity contribution < 1.29 is 4.79 Å². The van der Waals surface area contributed by atoms with E-state index in [1.54, 1.807) is 23.5 Å². The van der Waals surface area contributed by atoms with Crippen LogP contribution in [0.3, 0.4) is 0 Å². The molecule has 0 N–H and O–H groups in total. The number of carbonyl (C=O) groups is 1. The summed E-state index contributed by atoms with van der Waals surface area (Å²) in [5, 5.41) is 0.583. The molecule has 3 rings (SSSR count). The Balaban J connectivity index is 1.94. The number of nitrogens with zero attached hydrogens (tertiary/aromatic N) is 1. The van der Waals surface area contributed by atoms with E-state index in [1.807, 2.05) is 37.3 Å². The van der Waals surface area contributed by atoms with Crippen LogP contribution in [0.1, 0.15) is 9.75 Å². The molecule has 0 aliphatic carbocycles. The Kier molecular flexibility index (Phi) is 4.17. The van der Waals surface area contributed by atoms with Crippen molar-refractivity contribution in [3.8, 4) is 0 Å². The molecule has 0 bridgehead atoms. The molecule has 106 valence electrons. The number of amides is 1. The maximum absolute atomic E-state index is 12.5. The topological polar surface area (TPSA) is 20.3 Å². The third kappa shape index (κ3) is 3.06. The minimum Gasteiger partial charge on any atom is -0.268 e. The van der Waals surface area contributed by atoms with Crippen LogP contribution in [0.5, 0.6) is 0 Å². The van der Waals surface area contributed by atoms with E-state index in [0.717, 1.165) is 4.88 Å². The standard InChI is InChI=1S/C15H10ClNOS3/c1-9-5-6-12(20-9)8-13-14(18)17(15(19)21-13)11-4-2-3-10(16)7-11/h2-8H,1H3/b13-8+. The predicted molar refractivity (Wildman–Crippen MR) is 96.2 cm³/mol. The SMILES string of the molecule is Cc1ccc(/C=C2/SC(=S)N(c3cccc(Cl)c3)C2=O)s1. The van der Waals surface area contributed by atoms with Gasteiger partial charge in [-0.15, -0.1) is 11.3 Å². The summed E-state index contributed by atoms with van der Waals surface area (Å²) in [5.41, 5.74) is 0.704. The third-order valence-electron chi connectivity index (χ3n) is 2.89. The van der Waals surface area contributed by atoms with Gasteiger partial charge in [-0.3, -0.25) is 9.69 Å². The van der Waals surface area contributed by atoms with Gasteiger partial charge in [0.05, 0.1) is 10.6 Å². The van der Waals surface area contributed by atoms with Gasteiger partial charge in [0.2, 0.25) is 0 Å². The third-order valence-corrected chi connectivity index (χ3v) is 5.38. The lowest BCUT2D eigenvalue weighted by Gasteiger charge is -2.14. The van der Waals surface area contributed by atoms with Crippen LogP contribution in [-0.4, -0.2) is 10.2 Å². The van der Waals surface area contributed by atoms with Crippen LogP contribution in [0, 0.1) is 6.92 Å². The van der Waals surface area contributed by atoms with Gasteiger partial charge in [0.1, 0.15) is 0 Å². The van der Waals surface area contributed by atoms with Gasteiger partial charge in [-0.05, 0) is 43.3 Å². The number of thiophene rings is 1. The number of hydrogen-bond donors (Lipinski definition) is 0. The van der Waals surface area contributed by atoms with E-state index in [1.165, 1.54) is 21.5 Å². The molecule has 1 aliphatic heterocycles. The number of anilines is 1. The lowest BCUT2D eigenvalue weighted by molar-refractivity contribution is -0.113. The maximum Gasteiger partial charge on any atom is 0.270 e. The smallest absolute Gasteiger partial charge is 0.268 e. The first-order valence-corrected chi connectivity index (χ1v) is 8.56. The minimum absolute atomic E-state index is 0.0988. The van der Waals surface area contributed by atoms with Crippen molar-refractivity contribution in [2.75, 3.05) is 4.90 Å². The molecule has 2 heterocycles. The molecule has 1 aliphatic rings. The van der Waals surface area contributed by atoms with E-state index >= 15 is 0 Å². The molecule has 1 amide bonds. The Hall–Kier alpha value is -1.14. The van der Waals surface area contributed by atoms with Gasteiger partial charge in [0.15, 0.2) is 4.32 Å². The molecule has 0 unspecified atom stereocenters. The molecule has 1 fully saturated rings. The first-order chi connectivity index (χ1) is 10.0. The highest BCUT2D eigenvalue weighted by Crippen LogP contribution is 2.37. The number of aryl methyl sites for hydroxylation is 1. The largest absolute Gasteiger partial charge is 0.270 e. The Morgan fingerprint density at radius 3 is 2.76 bits per heavy atom. The summed E-state index contributed by atoms with van der Waals surface area (Å²) in [5.74, 6) is -0.0988. The number of thioether (sulfide) groups is 1. The first kappa shape index (κ1) is 14.8. The summed E-state index contributed by atoms with van der Waals surface area (Å²) >= 11 is 14.3. The number of carbonyl (C=O) groups excluding carboxylic acids is 1. The molecule has 1 aromatic heterocycles. The van der Waals surface area contributed by atoms with Gasteiger partial charge in [-0.25, -0.2) is 0 Å². The first-order valence-electron chi connectivity index (χ1n) is 6.14. The fourth-order valence-corrected chi connectivity index (χ4v) is 4.34. The highest BCUT2D eigenvalue weighted by atomic mass is 35.5. The Bertz CT molecular complexity index is 766. The molecular formula is C15H10ClNOS3. The fraction of sp³-hybridized carbons (Fsp3) is 0.0667. The Labute approximate surface area is 141 Å². The molecule has 1 saturated heterocycles. The summed E-state index contributed by atoms with van der Waals surface area (Å²) in [6, 6.07) is 11.2. The van der Waals surface area contributed by atoms with E-state index < -0.39 is 0 Å². The summed E-state index contributed by atoms with van der Waals surface area (Å²) in [6.07, 6.45) is 1.89. The van der Waals surface area contributed by atoms with Gasteiger partial charge >= 0.3 is 0 Å². The van der Waals surface area contributed by atoms with Crippen molar-refractivity contribution in [2.45, 2.75) is 6.92 Å². The van der Waals surface area contributed by atoms with Crippen molar-refractivity contribution in [3.05, 3.63) is 56.1 Å². The average molecular weight is 352 g/mol. The van der Waals surface area contributed by atoms with E-state index in [4.69, 9.17) is 23.8 Å². The van der Waals surface area contributed by atoms with Crippen molar-refractivity contribution in [1.29, 1.82) is 0 Å². The molecule has 0 atom stereocenters. The van der Waals surface area contributed by atoms with Gasteiger partial charge < -0.3 is 0 Å². The molecule has 21 heavy (non-hydrogen) atoms. The van der Waals surface area contributed by atoms with Crippen LogP contribution in [-0.2, 0) is 4.79 Å². The molecule has 0 spiro atoms. The number of rotatable bonds is 2. The highest BCUT2D eigenvalue weighted by molar-refractivity contribution is 8.27. The lowest BCUT2D eigenvalue weighted by atomic mass is 10.3. The van der Waals surface area contributed by atoms with Crippen molar-refractivity contribution in [3.63, 3.8) is 0 Å². The predicted octanol–water partition coefficient (Wildman–Crippen LogP) is 5.12. The van der Waals surface area contributed by atoms with Crippen molar-refractivity contribution in [1.82, 2.24) is 0 Å². The summed E-state index contributed by atoms with van der Waals surface area (Å²) in [4.78, 5) is 17.0. The zero-order valence-corrected chi connectivity index (χ0v) is 14.2. The normalized spacial score (nSPS) is 17.0. The Morgan fingerprint density at radius 1 is 1.29 bits per heavy atom. The van der Waals surface area contributed by atoms with Crippen LogP contribution < -0.4 is 4.90 Å². The second kappa shape index (κ2) is 5.93. The minimum atomic E-state index is -0.0988. The van der Waals surface area contributed by atoms with Gasteiger partial charge in [0, 0.05) is 14.8 Å². The lowest BCUT2D eigenvalue weighted by Crippen LogP contribution is -2.27. The number of halogens is 1. The van der Waals surface area contributed by atoms with Crippen LogP contribution in [0.25, 0.3) is 6.08 Å². The van der Waals surface area contributed by atoms with E-state index in [0.29, 0.717) is 19.9 Å². The van der Waals surface area contributed by atoms with Gasteiger partial charge in [-0.2, -0.15) is 0 Å². The second-order valence-corrected chi connectivity index (χ2v) is 7.88. The molecule has 2 nitrogen and oxygen atoms in total. The molecule has 0 saturated carbocycles. The van der Waals surface area contributed by atoms with Gasteiger partial charge in [-0.1, -0.05) is 41.6 Å². The van der Waals surface area contributed by atoms with Crippen LogP contribution in [0.2, 0.25) is 5.02 Å². The zero-order chi connectivity index (χ0) is 15.0. The van der Waals surface area contributed by atoms with E-state index in [2.05, 4.69) is 0 Å². The number of thiocarbonyl (C=S) groups is 1. The van der Waals surface area contributed by atoms with E-state index in [-0.39, 0.29) is 5.91 Å². The number of hydrogen-bond acceptors (Lipinski definition) is 4. The highest BCUT2D eigenvalue weighted by Gasteiger charge is 2.33.